The van der Waals surface area contributed by atoms with E-state index in [1.54, 1.807) is 42.5 Å². The van der Waals surface area contributed by atoms with Crippen LogP contribution in [-0.2, 0) is 4.79 Å². The molecule has 0 radical (unpaired) electrons. The number of ether oxygens (including phenoxy) is 3. The van der Waals surface area contributed by atoms with Crippen LogP contribution >= 0.6 is 0 Å². The van der Waals surface area contributed by atoms with Crippen LogP contribution in [0.25, 0.3) is 11.1 Å². The Kier molecular flexibility index (Phi) is 11.9. The topological polar surface area (TPSA) is 61.8 Å². The van der Waals surface area contributed by atoms with E-state index in [0.29, 0.717) is 30.1 Å². The lowest BCUT2D eigenvalue weighted by Crippen LogP contribution is -2.10. The van der Waals surface area contributed by atoms with Crippen LogP contribution in [0.4, 0.5) is 0 Å². The van der Waals surface area contributed by atoms with Crippen LogP contribution in [0.3, 0.4) is 0 Å². The van der Waals surface area contributed by atoms with Crippen LogP contribution in [0.1, 0.15) is 61.7 Å². The van der Waals surface area contributed by atoms with Crippen molar-refractivity contribution in [3.63, 3.8) is 0 Å². The normalized spacial score (nSPS) is 10.4. The molecule has 0 bridgehead atoms. The summed E-state index contributed by atoms with van der Waals surface area (Å²) >= 11 is 0. The molecule has 38 heavy (non-hydrogen) atoms. The molecule has 5 nitrogen and oxygen atoms in total. The molecule has 0 saturated heterocycles. The fourth-order valence-corrected chi connectivity index (χ4v) is 3.89. The van der Waals surface area contributed by atoms with Gasteiger partial charge in [-0.15, -0.1) is 6.58 Å². The quantitative estimate of drug-likeness (QED) is 0.0835. The third-order valence-electron chi connectivity index (χ3n) is 5.98. The van der Waals surface area contributed by atoms with E-state index >= 15 is 0 Å². The average Bonchev–Trinajstić information content (AvgIpc) is 2.94. The molecule has 3 aromatic rings. The lowest BCUT2D eigenvalue weighted by atomic mass is 10.1. The van der Waals surface area contributed by atoms with Crippen LogP contribution < -0.4 is 14.2 Å². The fourth-order valence-electron chi connectivity index (χ4n) is 3.89. The van der Waals surface area contributed by atoms with Crippen LogP contribution in [0.15, 0.2) is 98.1 Å². The molecule has 0 aromatic heterocycles. The Morgan fingerprint density at radius 1 is 0.605 bits per heavy atom. The molecule has 0 saturated carbocycles. The highest BCUT2D eigenvalue weighted by Gasteiger charge is 2.11. The second kappa shape index (κ2) is 15.9. The minimum Gasteiger partial charge on any atom is -0.490 e. The first-order chi connectivity index (χ1) is 18.6. The van der Waals surface area contributed by atoms with Gasteiger partial charge in [0.05, 0.1) is 5.56 Å². The third-order valence-corrected chi connectivity index (χ3v) is 5.98. The van der Waals surface area contributed by atoms with Gasteiger partial charge in [0.2, 0.25) is 0 Å². The molecule has 0 fully saturated rings. The molecule has 198 valence electrons. The van der Waals surface area contributed by atoms with Gasteiger partial charge in [-0.05, 0) is 78.9 Å². The Morgan fingerprint density at radius 3 is 1.74 bits per heavy atom. The highest BCUT2D eigenvalue weighted by atomic mass is 16.5. The summed E-state index contributed by atoms with van der Waals surface area (Å²) in [4.78, 5) is 24.7. The number of rotatable bonds is 16. The Labute approximate surface area is 225 Å². The fraction of sp³-hybridized carbons (Fsp3) is 0.273. The van der Waals surface area contributed by atoms with Gasteiger partial charge in [-0.1, -0.05) is 68.7 Å². The minimum atomic E-state index is -0.479. The summed E-state index contributed by atoms with van der Waals surface area (Å²) in [5, 5.41) is 0. The van der Waals surface area contributed by atoms with E-state index in [-0.39, 0.29) is 5.97 Å². The van der Waals surface area contributed by atoms with Gasteiger partial charge in [-0.25, -0.2) is 4.79 Å². The van der Waals surface area contributed by atoms with E-state index in [1.165, 1.54) is 19.3 Å². The van der Waals surface area contributed by atoms with E-state index in [4.69, 9.17) is 14.2 Å². The summed E-state index contributed by atoms with van der Waals surface area (Å²) in [5.74, 6) is 0.904. The van der Waals surface area contributed by atoms with Crippen molar-refractivity contribution in [3.05, 3.63) is 104 Å². The van der Waals surface area contributed by atoms with Crippen molar-refractivity contribution in [3.8, 4) is 28.4 Å². The third kappa shape index (κ3) is 9.74. The Hall–Kier alpha value is -4.12. The number of hydrogen-bond donors (Lipinski definition) is 0. The summed E-state index contributed by atoms with van der Waals surface area (Å²) in [5.41, 5.74) is 2.40. The van der Waals surface area contributed by atoms with Crippen molar-refractivity contribution in [2.45, 2.75) is 51.4 Å². The second-order valence-corrected chi connectivity index (χ2v) is 8.99. The first-order valence-corrected chi connectivity index (χ1v) is 13.2. The maximum absolute atomic E-state index is 12.6. The smallest absolute Gasteiger partial charge is 0.343 e. The Morgan fingerprint density at radius 2 is 1.13 bits per heavy atom. The van der Waals surface area contributed by atoms with E-state index in [0.717, 1.165) is 42.6 Å². The maximum atomic E-state index is 12.6. The first-order valence-electron chi connectivity index (χ1n) is 13.2. The van der Waals surface area contributed by atoms with Crippen molar-refractivity contribution < 1.29 is 23.8 Å². The average molecular weight is 513 g/mol. The van der Waals surface area contributed by atoms with Gasteiger partial charge < -0.3 is 14.2 Å². The van der Waals surface area contributed by atoms with Gasteiger partial charge in [0.1, 0.15) is 23.9 Å². The molecule has 0 spiro atoms. The predicted octanol–water partition coefficient (Wildman–Crippen LogP) is 8.35. The maximum Gasteiger partial charge on any atom is 0.343 e. The lowest BCUT2D eigenvalue weighted by Gasteiger charge is -2.08. The van der Waals surface area contributed by atoms with E-state index < -0.39 is 5.97 Å². The standard InChI is InChI=1S/C33H36O5/c1-3-5-6-7-8-9-10-11-12-32(34)37-30-23-17-28(18-24-30)33(35)38-31-21-15-27(16-22-31)26-13-19-29(20-14-26)36-25-4-2/h3-4,13-24H,1-2,5-12,25H2. The molecule has 5 heteroatoms. The van der Waals surface area contributed by atoms with Gasteiger partial charge in [-0.2, -0.15) is 0 Å². The Bertz CT molecular complexity index is 1160. The highest BCUT2D eigenvalue weighted by Crippen LogP contribution is 2.25. The zero-order chi connectivity index (χ0) is 27.0. The molecule has 3 aromatic carbocycles. The lowest BCUT2D eigenvalue weighted by molar-refractivity contribution is -0.134. The van der Waals surface area contributed by atoms with Gasteiger partial charge in [0.15, 0.2) is 0 Å². The summed E-state index contributed by atoms with van der Waals surface area (Å²) in [7, 11) is 0. The van der Waals surface area contributed by atoms with Gasteiger partial charge in [0.25, 0.3) is 0 Å². The van der Waals surface area contributed by atoms with Crippen molar-refractivity contribution in [2.75, 3.05) is 6.61 Å². The van der Waals surface area contributed by atoms with Crippen molar-refractivity contribution in [1.29, 1.82) is 0 Å². The monoisotopic (exact) mass is 512 g/mol. The summed E-state index contributed by atoms with van der Waals surface area (Å²) in [6.07, 6.45) is 11.7. The molecule has 0 N–H and O–H groups in total. The zero-order valence-electron chi connectivity index (χ0n) is 21.9. The van der Waals surface area contributed by atoms with Gasteiger partial charge in [-0.3, -0.25) is 4.79 Å². The molecule has 0 amide bonds. The number of hydrogen-bond acceptors (Lipinski definition) is 5. The van der Waals surface area contributed by atoms with Crippen molar-refractivity contribution in [1.82, 2.24) is 0 Å². The molecule has 0 aliphatic carbocycles. The number of benzene rings is 3. The number of carbonyl (C=O) groups is 2. The molecule has 0 atom stereocenters. The van der Waals surface area contributed by atoms with E-state index in [1.807, 2.05) is 42.5 Å². The summed E-state index contributed by atoms with van der Waals surface area (Å²) in [6.45, 7) is 7.84. The number of allylic oxidation sites excluding steroid dienone is 1. The highest BCUT2D eigenvalue weighted by molar-refractivity contribution is 5.91. The zero-order valence-corrected chi connectivity index (χ0v) is 21.9. The van der Waals surface area contributed by atoms with Crippen molar-refractivity contribution >= 4 is 11.9 Å². The van der Waals surface area contributed by atoms with Gasteiger partial charge >= 0.3 is 11.9 Å². The molecule has 0 heterocycles. The molecular formula is C33H36O5. The van der Waals surface area contributed by atoms with Crippen LogP contribution in [0, 0.1) is 0 Å². The molecule has 0 aliphatic rings. The molecule has 0 aliphatic heterocycles. The molecular weight excluding hydrogens is 476 g/mol. The number of esters is 2. The van der Waals surface area contributed by atoms with Crippen LogP contribution in [0.2, 0.25) is 0 Å². The summed E-state index contributed by atoms with van der Waals surface area (Å²) < 4.78 is 16.4. The van der Waals surface area contributed by atoms with E-state index in [2.05, 4.69) is 13.2 Å². The SMILES string of the molecule is C=CCCCCCCCCC(=O)Oc1ccc(C(=O)Oc2ccc(-c3ccc(OCC=C)cc3)cc2)cc1. The van der Waals surface area contributed by atoms with Gasteiger partial charge in [0, 0.05) is 6.42 Å². The minimum absolute atomic E-state index is 0.258. The summed E-state index contributed by atoms with van der Waals surface area (Å²) in [6, 6.07) is 21.5. The Balaban J connectivity index is 1.41. The van der Waals surface area contributed by atoms with Crippen molar-refractivity contribution in [2.24, 2.45) is 0 Å². The number of unbranched alkanes of at least 4 members (excludes halogenated alkanes) is 6. The van der Waals surface area contributed by atoms with E-state index in [9.17, 15) is 9.59 Å². The molecule has 0 unspecified atom stereocenters. The predicted molar refractivity (Wildman–Crippen MR) is 152 cm³/mol. The van der Waals surface area contributed by atoms with Crippen LogP contribution in [0.5, 0.6) is 17.2 Å². The van der Waals surface area contributed by atoms with Crippen LogP contribution in [-0.4, -0.2) is 18.5 Å². The number of carbonyl (C=O) groups excluding carboxylic acids is 2. The second-order valence-electron chi connectivity index (χ2n) is 8.99. The first kappa shape index (κ1) is 28.5. The molecule has 3 rings (SSSR count). The largest absolute Gasteiger partial charge is 0.490 e.